The van der Waals surface area contributed by atoms with E-state index in [4.69, 9.17) is 9.47 Å². The summed E-state index contributed by atoms with van der Waals surface area (Å²) >= 11 is 0. The van der Waals surface area contributed by atoms with Crippen LogP contribution in [0.4, 0.5) is 0 Å². The van der Waals surface area contributed by atoms with Crippen molar-refractivity contribution in [2.45, 2.75) is 247 Å². The number of hydrogen-bond donors (Lipinski definition) is 1. The molecule has 336 valence electrons. The molecule has 0 aromatic heterocycles. The van der Waals surface area contributed by atoms with Gasteiger partial charge in [-0.3, -0.25) is 14.4 Å². The van der Waals surface area contributed by atoms with Gasteiger partial charge >= 0.3 is 11.9 Å². The van der Waals surface area contributed by atoms with Crippen molar-refractivity contribution < 1.29 is 23.9 Å². The van der Waals surface area contributed by atoms with Gasteiger partial charge < -0.3 is 19.7 Å². The van der Waals surface area contributed by atoms with E-state index >= 15 is 0 Å². The summed E-state index contributed by atoms with van der Waals surface area (Å²) in [6.07, 6.45) is 37.8. The van der Waals surface area contributed by atoms with E-state index < -0.39 is 0 Å². The fraction of sp³-hybridized carbons (Fsp3) is 0.940. The highest BCUT2D eigenvalue weighted by atomic mass is 16.5. The van der Waals surface area contributed by atoms with Crippen molar-refractivity contribution in [3.8, 4) is 0 Å². The normalized spacial score (nSPS) is 13.5. The van der Waals surface area contributed by atoms with E-state index in [0.717, 1.165) is 96.8 Å². The SMILES string of the molecule is CCCCCC(CCCCC)CCOC(=O)CCCCCCCN(CCCCCCCC(=O)OCCC(CCCCC)CCCCC)CCCNC(=O)C1(C)CC1. The largest absolute Gasteiger partial charge is 0.466 e. The van der Waals surface area contributed by atoms with Gasteiger partial charge in [0.15, 0.2) is 0 Å². The summed E-state index contributed by atoms with van der Waals surface area (Å²) in [4.78, 5) is 39.8. The van der Waals surface area contributed by atoms with Crippen LogP contribution in [0, 0.1) is 17.3 Å². The van der Waals surface area contributed by atoms with Crippen LogP contribution < -0.4 is 5.32 Å². The van der Waals surface area contributed by atoms with Gasteiger partial charge in [-0.1, -0.05) is 176 Å². The Hall–Kier alpha value is -1.63. The van der Waals surface area contributed by atoms with Crippen molar-refractivity contribution in [2.75, 3.05) is 39.4 Å². The van der Waals surface area contributed by atoms with Crippen LogP contribution in [-0.2, 0) is 23.9 Å². The molecule has 1 aliphatic rings. The van der Waals surface area contributed by atoms with Crippen LogP contribution in [0.2, 0.25) is 0 Å². The summed E-state index contributed by atoms with van der Waals surface area (Å²) < 4.78 is 11.3. The Morgan fingerprint density at radius 1 is 0.491 bits per heavy atom. The molecule has 0 saturated heterocycles. The highest BCUT2D eigenvalue weighted by molar-refractivity contribution is 5.84. The van der Waals surface area contributed by atoms with Crippen LogP contribution in [0.1, 0.15) is 247 Å². The summed E-state index contributed by atoms with van der Waals surface area (Å²) in [5.41, 5.74) is -0.108. The molecule has 0 bridgehead atoms. The van der Waals surface area contributed by atoms with Crippen LogP contribution in [0.3, 0.4) is 0 Å². The lowest BCUT2D eigenvalue weighted by atomic mass is 9.92. The number of esters is 2. The predicted octanol–water partition coefficient (Wildman–Crippen LogP) is 13.7. The lowest BCUT2D eigenvalue weighted by molar-refractivity contribution is -0.145. The minimum Gasteiger partial charge on any atom is -0.466 e. The van der Waals surface area contributed by atoms with E-state index in [1.54, 1.807) is 0 Å². The van der Waals surface area contributed by atoms with Crippen molar-refractivity contribution in [1.29, 1.82) is 0 Å². The molecule has 0 aromatic rings. The smallest absolute Gasteiger partial charge is 0.305 e. The highest BCUT2D eigenvalue weighted by Crippen LogP contribution is 2.44. The van der Waals surface area contributed by atoms with Gasteiger partial charge in [0.1, 0.15) is 0 Å². The molecule has 0 heterocycles. The Labute approximate surface area is 354 Å². The first-order chi connectivity index (χ1) is 27.8. The summed E-state index contributed by atoms with van der Waals surface area (Å²) in [5, 5.41) is 3.17. The first kappa shape index (κ1) is 53.4. The summed E-state index contributed by atoms with van der Waals surface area (Å²) in [6.45, 7) is 16.3. The predicted molar refractivity (Wildman–Crippen MR) is 242 cm³/mol. The number of nitrogens with one attached hydrogen (secondary N) is 1. The van der Waals surface area contributed by atoms with Crippen molar-refractivity contribution in [2.24, 2.45) is 17.3 Å². The van der Waals surface area contributed by atoms with Gasteiger partial charge in [0.05, 0.1) is 13.2 Å². The van der Waals surface area contributed by atoms with E-state index in [0.29, 0.717) is 37.9 Å². The Morgan fingerprint density at radius 2 is 0.860 bits per heavy atom. The number of nitrogens with zero attached hydrogens (tertiary/aromatic N) is 1. The first-order valence-corrected chi connectivity index (χ1v) is 25.1. The molecular weight excluding hydrogens is 709 g/mol. The third-order valence-electron chi connectivity index (χ3n) is 12.6. The Balaban J connectivity index is 2.26. The zero-order valence-corrected chi connectivity index (χ0v) is 38.7. The van der Waals surface area contributed by atoms with Crippen LogP contribution in [-0.4, -0.2) is 62.1 Å². The molecule has 7 heteroatoms. The van der Waals surface area contributed by atoms with Crippen molar-refractivity contribution in [1.82, 2.24) is 10.2 Å². The maximum atomic E-state index is 12.4. The van der Waals surface area contributed by atoms with Gasteiger partial charge in [0, 0.05) is 24.8 Å². The highest BCUT2D eigenvalue weighted by Gasteiger charge is 2.44. The maximum absolute atomic E-state index is 12.4. The molecule has 0 aliphatic heterocycles. The maximum Gasteiger partial charge on any atom is 0.305 e. The minimum atomic E-state index is -0.108. The van der Waals surface area contributed by atoms with Gasteiger partial charge in [0.2, 0.25) is 5.91 Å². The Bertz CT molecular complexity index is 877. The molecule has 1 fully saturated rings. The fourth-order valence-electron chi connectivity index (χ4n) is 8.16. The van der Waals surface area contributed by atoms with Crippen molar-refractivity contribution in [3.63, 3.8) is 0 Å². The van der Waals surface area contributed by atoms with Gasteiger partial charge in [-0.05, 0) is 89.3 Å². The molecule has 0 unspecified atom stereocenters. The van der Waals surface area contributed by atoms with Crippen molar-refractivity contribution in [3.05, 3.63) is 0 Å². The summed E-state index contributed by atoms with van der Waals surface area (Å²) in [6, 6.07) is 0. The summed E-state index contributed by atoms with van der Waals surface area (Å²) in [7, 11) is 0. The standard InChI is InChI=1S/C50H96N2O5/c1-6-10-20-29-45(30-21-11-7-2)35-43-56-47(53)33-24-16-14-18-26-40-52(42-28-39-51-49(55)50(5)37-38-50)41-27-19-15-17-25-34-48(54)57-44-36-46(31-22-12-8-3)32-23-13-9-4/h45-46H,6-44H2,1-5H3,(H,51,55). The van der Waals surface area contributed by atoms with Crippen LogP contribution in [0.15, 0.2) is 0 Å². The molecule has 1 amide bonds. The second kappa shape index (κ2) is 37.4. The third kappa shape index (κ3) is 31.9. The number of carbonyl (C=O) groups excluding carboxylic acids is 3. The molecule has 7 nitrogen and oxygen atoms in total. The molecule has 1 N–H and O–H groups in total. The number of carbonyl (C=O) groups is 3. The van der Waals surface area contributed by atoms with E-state index in [2.05, 4.69) is 44.8 Å². The molecule has 0 spiro atoms. The average molecular weight is 805 g/mol. The quantitative estimate of drug-likeness (QED) is 0.0488. The number of hydrogen-bond acceptors (Lipinski definition) is 6. The topological polar surface area (TPSA) is 84.9 Å². The molecule has 1 aliphatic carbocycles. The number of amides is 1. The van der Waals surface area contributed by atoms with E-state index in [-0.39, 0.29) is 23.3 Å². The third-order valence-corrected chi connectivity index (χ3v) is 12.6. The number of ether oxygens (including phenoxy) is 2. The van der Waals surface area contributed by atoms with Gasteiger partial charge in [-0.15, -0.1) is 0 Å². The Morgan fingerprint density at radius 3 is 1.25 bits per heavy atom. The zero-order valence-electron chi connectivity index (χ0n) is 38.7. The lowest BCUT2D eigenvalue weighted by Gasteiger charge is -2.22. The van der Waals surface area contributed by atoms with Gasteiger partial charge in [0.25, 0.3) is 0 Å². The van der Waals surface area contributed by atoms with Crippen LogP contribution in [0.5, 0.6) is 0 Å². The van der Waals surface area contributed by atoms with E-state index in [1.165, 1.54) is 128 Å². The van der Waals surface area contributed by atoms with E-state index in [9.17, 15) is 14.4 Å². The number of unbranched alkanes of at least 4 members (excludes halogenated alkanes) is 16. The molecule has 0 radical (unpaired) electrons. The van der Waals surface area contributed by atoms with Gasteiger partial charge in [-0.2, -0.15) is 0 Å². The lowest BCUT2D eigenvalue weighted by Crippen LogP contribution is -2.34. The first-order valence-electron chi connectivity index (χ1n) is 25.1. The second-order valence-electron chi connectivity index (χ2n) is 18.3. The fourth-order valence-corrected chi connectivity index (χ4v) is 8.16. The molecule has 0 aromatic carbocycles. The number of rotatable bonds is 43. The van der Waals surface area contributed by atoms with Gasteiger partial charge in [-0.25, -0.2) is 0 Å². The molecular formula is C50H96N2O5. The molecule has 1 saturated carbocycles. The Kier molecular flexibility index (Phi) is 35.0. The average Bonchev–Trinajstić information content (AvgIpc) is 3.96. The minimum absolute atomic E-state index is 0.0144. The van der Waals surface area contributed by atoms with Crippen LogP contribution in [0.25, 0.3) is 0 Å². The monoisotopic (exact) mass is 805 g/mol. The second-order valence-corrected chi connectivity index (χ2v) is 18.3. The molecule has 0 atom stereocenters. The van der Waals surface area contributed by atoms with Crippen molar-refractivity contribution >= 4 is 17.8 Å². The van der Waals surface area contributed by atoms with Crippen LogP contribution >= 0.6 is 0 Å². The van der Waals surface area contributed by atoms with E-state index in [1.807, 2.05) is 0 Å². The molecule has 1 rings (SSSR count). The molecule has 57 heavy (non-hydrogen) atoms. The summed E-state index contributed by atoms with van der Waals surface area (Å²) in [5.74, 6) is 1.61. The zero-order chi connectivity index (χ0) is 41.7.